The van der Waals surface area contributed by atoms with Crippen LogP contribution >= 0.6 is 22.7 Å². The van der Waals surface area contributed by atoms with E-state index in [4.69, 9.17) is 4.74 Å². The second-order valence-electron chi connectivity index (χ2n) is 6.73. The van der Waals surface area contributed by atoms with Crippen LogP contribution in [-0.4, -0.2) is 55.2 Å². The number of morpholine rings is 1. The van der Waals surface area contributed by atoms with Crippen molar-refractivity contribution in [1.29, 1.82) is 0 Å². The Kier molecular flexibility index (Phi) is 6.66. The van der Waals surface area contributed by atoms with Crippen molar-refractivity contribution in [2.45, 2.75) is 6.42 Å². The molecule has 0 bridgehead atoms. The van der Waals surface area contributed by atoms with Crippen molar-refractivity contribution in [2.75, 3.05) is 44.3 Å². The molecule has 0 saturated carbocycles. The molecule has 0 unspecified atom stereocenters. The molecule has 0 atom stereocenters. The van der Waals surface area contributed by atoms with Crippen LogP contribution in [0.5, 0.6) is 0 Å². The molecule has 3 aromatic rings. The molecule has 1 amide bonds. The van der Waals surface area contributed by atoms with Gasteiger partial charge in [-0.2, -0.15) is 0 Å². The Morgan fingerprint density at radius 1 is 1.28 bits per heavy atom. The van der Waals surface area contributed by atoms with Crippen LogP contribution in [-0.2, 0) is 9.53 Å². The molecule has 0 N–H and O–H groups in total. The van der Waals surface area contributed by atoms with Crippen LogP contribution < -0.4 is 4.90 Å². The molecule has 4 rings (SSSR count). The van der Waals surface area contributed by atoms with Gasteiger partial charge in [0.2, 0.25) is 0 Å². The van der Waals surface area contributed by atoms with Crippen LogP contribution in [0.4, 0.5) is 9.52 Å². The van der Waals surface area contributed by atoms with Gasteiger partial charge in [0.15, 0.2) is 5.13 Å². The van der Waals surface area contributed by atoms with Crippen molar-refractivity contribution in [1.82, 2.24) is 9.88 Å². The Morgan fingerprint density at radius 2 is 2.14 bits per heavy atom. The Hall–Kier alpha value is -2.13. The molecule has 1 aliphatic heterocycles. The first-order valence-electron chi connectivity index (χ1n) is 9.59. The van der Waals surface area contributed by atoms with Crippen molar-refractivity contribution in [2.24, 2.45) is 0 Å². The molecule has 29 heavy (non-hydrogen) atoms. The third-order valence-electron chi connectivity index (χ3n) is 4.75. The minimum absolute atomic E-state index is 0.139. The quantitative estimate of drug-likeness (QED) is 0.524. The maximum Gasteiger partial charge on any atom is 0.252 e. The number of aromatic nitrogens is 1. The van der Waals surface area contributed by atoms with Gasteiger partial charge in [-0.15, -0.1) is 11.3 Å². The van der Waals surface area contributed by atoms with E-state index in [9.17, 15) is 9.18 Å². The van der Waals surface area contributed by atoms with E-state index in [-0.39, 0.29) is 11.7 Å². The normalized spacial score (nSPS) is 15.3. The van der Waals surface area contributed by atoms with Crippen LogP contribution in [0.25, 0.3) is 16.3 Å². The SMILES string of the molecule is O=C(/C=C/c1cccs1)N(CCCN1CCOCC1)c1nc2c(F)cccc2s1. The number of carbonyl (C=O) groups is 1. The Bertz CT molecular complexity index is 981. The van der Waals surface area contributed by atoms with Crippen LogP contribution in [0.3, 0.4) is 0 Å². The zero-order valence-electron chi connectivity index (χ0n) is 15.9. The van der Waals surface area contributed by atoms with E-state index in [1.165, 1.54) is 17.4 Å². The molecule has 8 heteroatoms. The fraction of sp³-hybridized carbons (Fsp3) is 0.333. The molecule has 3 heterocycles. The summed E-state index contributed by atoms with van der Waals surface area (Å²) in [5.74, 6) is -0.500. The summed E-state index contributed by atoms with van der Waals surface area (Å²) in [6.07, 6.45) is 4.20. The number of ether oxygens (including phenoxy) is 1. The van der Waals surface area contributed by atoms with Gasteiger partial charge in [-0.25, -0.2) is 9.37 Å². The lowest BCUT2D eigenvalue weighted by atomic mass is 10.3. The lowest BCUT2D eigenvalue weighted by molar-refractivity contribution is -0.114. The number of anilines is 1. The molecule has 1 saturated heterocycles. The molecule has 0 radical (unpaired) electrons. The van der Waals surface area contributed by atoms with Gasteiger partial charge in [0, 0.05) is 37.1 Å². The molecule has 0 aliphatic carbocycles. The van der Waals surface area contributed by atoms with E-state index < -0.39 is 0 Å². The van der Waals surface area contributed by atoms with Gasteiger partial charge in [0.25, 0.3) is 5.91 Å². The zero-order valence-corrected chi connectivity index (χ0v) is 17.6. The largest absolute Gasteiger partial charge is 0.379 e. The number of hydrogen-bond donors (Lipinski definition) is 0. The first-order valence-corrected chi connectivity index (χ1v) is 11.3. The molecule has 1 aliphatic rings. The summed E-state index contributed by atoms with van der Waals surface area (Å²) in [7, 11) is 0. The Morgan fingerprint density at radius 3 is 2.90 bits per heavy atom. The van der Waals surface area contributed by atoms with E-state index in [2.05, 4.69) is 9.88 Å². The predicted molar refractivity (Wildman–Crippen MR) is 117 cm³/mol. The lowest BCUT2D eigenvalue weighted by Gasteiger charge is -2.27. The number of fused-ring (bicyclic) bond motifs is 1. The summed E-state index contributed by atoms with van der Waals surface area (Å²) in [5, 5.41) is 2.51. The van der Waals surface area contributed by atoms with Gasteiger partial charge in [-0.1, -0.05) is 23.5 Å². The van der Waals surface area contributed by atoms with Crippen LogP contribution in [0.2, 0.25) is 0 Å². The van der Waals surface area contributed by atoms with Crippen molar-refractivity contribution < 1.29 is 13.9 Å². The highest BCUT2D eigenvalue weighted by atomic mass is 32.1. The molecular weight excluding hydrogens is 409 g/mol. The Balaban J connectivity index is 1.51. The summed E-state index contributed by atoms with van der Waals surface area (Å²) in [6.45, 7) is 4.76. The van der Waals surface area contributed by atoms with Gasteiger partial charge in [0.05, 0.1) is 17.9 Å². The minimum Gasteiger partial charge on any atom is -0.379 e. The molecule has 0 spiro atoms. The van der Waals surface area contributed by atoms with Crippen LogP contribution in [0.1, 0.15) is 11.3 Å². The number of halogens is 1. The first-order chi connectivity index (χ1) is 14.2. The number of hydrogen-bond acceptors (Lipinski definition) is 6. The fourth-order valence-corrected chi connectivity index (χ4v) is 4.85. The van der Waals surface area contributed by atoms with E-state index in [0.717, 1.165) is 48.8 Å². The Labute approximate surface area is 177 Å². The van der Waals surface area contributed by atoms with Gasteiger partial charge in [0.1, 0.15) is 11.3 Å². The molecule has 1 aromatic carbocycles. The number of nitrogens with zero attached hydrogens (tertiary/aromatic N) is 3. The number of benzene rings is 1. The molecule has 1 fully saturated rings. The van der Waals surface area contributed by atoms with E-state index >= 15 is 0 Å². The highest BCUT2D eigenvalue weighted by Crippen LogP contribution is 2.30. The van der Waals surface area contributed by atoms with E-state index in [1.807, 2.05) is 29.7 Å². The number of rotatable bonds is 7. The van der Waals surface area contributed by atoms with Crippen molar-refractivity contribution in [3.8, 4) is 0 Å². The van der Waals surface area contributed by atoms with Gasteiger partial charge >= 0.3 is 0 Å². The number of para-hydroxylation sites is 1. The highest BCUT2D eigenvalue weighted by Gasteiger charge is 2.20. The number of carbonyl (C=O) groups excluding carboxylic acids is 1. The molecular formula is C21H22FN3O2S2. The van der Waals surface area contributed by atoms with E-state index in [0.29, 0.717) is 17.2 Å². The third-order valence-corrected chi connectivity index (χ3v) is 6.63. The summed E-state index contributed by atoms with van der Waals surface area (Å²) < 4.78 is 20.2. The molecule has 5 nitrogen and oxygen atoms in total. The monoisotopic (exact) mass is 431 g/mol. The highest BCUT2D eigenvalue weighted by molar-refractivity contribution is 7.22. The van der Waals surface area contributed by atoms with Crippen molar-refractivity contribution in [3.63, 3.8) is 0 Å². The summed E-state index contributed by atoms with van der Waals surface area (Å²) in [4.78, 5) is 22.4. The third kappa shape index (κ3) is 5.08. The minimum atomic E-state index is -0.361. The fourth-order valence-electron chi connectivity index (χ4n) is 3.23. The topological polar surface area (TPSA) is 45.7 Å². The zero-order chi connectivity index (χ0) is 20.1. The van der Waals surface area contributed by atoms with Crippen LogP contribution in [0, 0.1) is 5.82 Å². The number of thiazole rings is 1. The number of amides is 1. The second kappa shape index (κ2) is 9.58. The van der Waals surface area contributed by atoms with E-state index in [1.54, 1.807) is 28.4 Å². The summed E-state index contributed by atoms with van der Waals surface area (Å²) in [6, 6.07) is 8.81. The number of thiophene rings is 1. The van der Waals surface area contributed by atoms with Gasteiger partial charge in [-0.05, 0) is 36.1 Å². The summed E-state index contributed by atoms with van der Waals surface area (Å²) >= 11 is 2.92. The first kappa shape index (κ1) is 20.2. The van der Waals surface area contributed by atoms with Gasteiger partial charge < -0.3 is 4.74 Å². The maximum atomic E-state index is 14.1. The molecule has 152 valence electrons. The second-order valence-corrected chi connectivity index (χ2v) is 8.72. The van der Waals surface area contributed by atoms with Crippen molar-refractivity contribution >= 4 is 50.0 Å². The van der Waals surface area contributed by atoms with Gasteiger partial charge in [-0.3, -0.25) is 14.6 Å². The average molecular weight is 432 g/mol. The standard InChI is InChI=1S/C21H22FN3O2S2/c22-17-5-1-6-18-20(17)23-21(29-18)25(10-3-9-24-11-13-27-14-12-24)19(26)8-7-16-4-2-15-28-16/h1-2,4-8,15H,3,9-14H2/b8-7+. The van der Waals surface area contributed by atoms with Crippen molar-refractivity contribution in [3.05, 3.63) is 52.5 Å². The lowest BCUT2D eigenvalue weighted by Crippen LogP contribution is -2.39. The van der Waals surface area contributed by atoms with Crippen LogP contribution in [0.15, 0.2) is 41.8 Å². The predicted octanol–water partition coefficient (Wildman–Crippen LogP) is 4.27. The average Bonchev–Trinajstić information content (AvgIpc) is 3.41. The smallest absolute Gasteiger partial charge is 0.252 e. The molecule has 2 aromatic heterocycles. The maximum absolute atomic E-state index is 14.1. The summed E-state index contributed by atoms with van der Waals surface area (Å²) in [5.41, 5.74) is 0.320.